The average Bonchev–Trinajstić information content (AvgIpc) is 2.85. The molecule has 2 aliphatic rings. The summed E-state index contributed by atoms with van der Waals surface area (Å²) in [4.78, 5) is 58.0. The van der Waals surface area contributed by atoms with Gasteiger partial charge in [0.05, 0.1) is 0 Å². The highest BCUT2D eigenvalue weighted by Crippen LogP contribution is 2.46. The molecule has 0 aliphatic carbocycles. The highest BCUT2D eigenvalue weighted by atomic mass is 32.2. The predicted octanol–water partition coefficient (Wildman–Crippen LogP) is 0.399. The second kappa shape index (κ2) is 11.1. The Kier molecular flexibility index (Phi) is 8.35. The number of carbonyl (C=O) groups excluding carboxylic acids is 3. The summed E-state index contributed by atoms with van der Waals surface area (Å²) in [5.74, 6) is -3.54. The van der Waals surface area contributed by atoms with Crippen LogP contribution >= 0.6 is 19.1 Å². The Hall–Kier alpha value is -3.45. The first-order chi connectivity index (χ1) is 17.0. The summed E-state index contributed by atoms with van der Waals surface area (Å²) in [6.07, 6.45) is 1.64. The number of ether oxygens (including phenoxy) is 1. The third-order valence-electron chi connectivity index (χ3n) is 5.33. The standard InChI is InChI=1S/C20H25N6O8PS/c1-4-35(32,5-2)34-25-13(16-22-7-6-12(21)23-16)17(28)24-14-18(29)26-15(20(30)31)11(8-33-10(3)27)9-36-19(14)26/h6-7,14,19H,4-5,8-9H2,1-3H3,(H,24,28)(H,30,31)(H2,21,22,23)/t14-,19+/m0/s1. The van der Waals surface area contributed by atoms with E-state index in [1.54, 1.807) is 13.8 Å². The number of amides is 2. The van der Waals surface area contributed by atoms with Crippen molar-refractivity contribution in [1.29, 1.82) is 0 Å². The summed E-state index contributed by atoms with van der Waals surface area (Å²) in [5, 5.41) is 15.2. The van der Waals surface area contributed by atoms with Crippen molar-refractivity contribution in [3.8, 4) is 0 Å². The summed E-state index contributed by atoms with van der Waals surface area (Å²) in [5.41, 5.74) is 5.21. The van der Waals surface area contributed by atoms with Crippen LogP contribution in [-0.2, 0) is 33.1 Å². The minimum absolute atomic E-state index is 0.0416. The minimum atomic E-state index is -3.15. The van der Waals surface area contributed by atoms with Crippen LogP contribution in [0.25, 0.3) is 0 Å². The molecule has 16 heteroatoms. The van der Waals surface area contributed by atoms with Gasteiger partial charge in [-0.25, -0.2) is 14.8 Å². The van der Waals surface area contributed by atoms with Crippen molar-refractivity contribution in [1.82, 2.24) is 20.2 Å². The molecule has 0 unspecified atom stereocenters. The van der Waals surface area contributed by atoms with Crippen LogP contribution in [0.4, 0.5) is 5.82 Å². The van der Waals surface area contributed by atoms with Crippen LogP contribution in [0.3, 0.4) is 0 Å². The first-order valence-corrected chi connectivity index (χ1v) is 13.8. The quantitative estimate of drug-likeness (QED) is 0.121. The van der Waals surface area contributed by atoms with E-state index in [0.717, 1.165) is 4.90 Å². The number of fused-ring (bicyclic) bond motifs is 1. The molecular weight excluding hydrogens is 515 g/mol. The Bertz CT molecular complexity index is 1200. The number of oxime groups is 1. The lowest BCUT2D eigenvalue weighted by molar-refractivity contribution is -0.150. The first kappa shape index (κ1) is 27.1. The monoisotopic (exact) mass is 540 g/mol. The van der Waals surface area contributed by atoms with E-state index in [1.165, 1.54) is 30.9 Å². The molecule has 1 aromatic rings. The fourth-order valence-corrected chi connectivity index (χ4v) is 5.55. The highest BCUT2D eigenvalue weighted by Gasteiger charge is 2.54. The number of hydrogen-bond acceptors (Lipinski definition) is 12. The van der Waals surface area contributed by atoms with Gasteiger partial charge < -0.3 is 25.5 Å². The van der Waals surface area contributed by atoms with Crippen molar-refractivity contribution in [2.75, 3.05) is 30.4 Å². The molecule has 2 amide bonds. The summed E-state index contributed by atoms with van der Waals surface area (Å²) >= 11 is 1.19. The Labute approximate surface area is 210 Å². The van der Waals surface area contributed by atoms with Crippen molar-refractivity contribution in [3.05, 3.63) is 29.4 Å². The Balaban J connectivity index is 1.85. The lowest BCUT2D eigenvalue weighted by atomic mass is 10.0. The molecule has 14 nitrogen and oxygen atoms in total. The molecule has 0 radical (unpaired) electrons. The van der Waals surface area contributed by atoms with E-state index >= 15 is 0 Å². The molecule has 2 atom stereocenters. The molecule has 36 heavy (non-hydrogen) atoms. The number of nitrogens with one attached hydrogen (secondary N) is 1. The lowest BCUT2D eigenvalue weighted by Crippen LogP contribution is -2.71. The second-order valence-corrected chi connectivity index (χ2v) is 11.8. The number of esters is 1. The number of nitrogens with zero attached hydrogens (tertiary/aromatic N) is 4. The van der Waals surface area contributed by atoms with Gasteiger partial charge in [-0.05, 0) is 6.07 Å². The molecule has 0 aromatic carbocycles. The Morgan fingerprint density at radius 3 is 2.64 bits per heavy atom. The van der Waals surface area contributed by atoms with Crippen molar-refractivity contribution in [2.24, 2.45) is 5.16 Å². The summed E-state index contributed by atoms with van der Waals surface area (Å²) < 4.78 is 22.8. The van der Waals surface area contributed by atoms with Crippen molar-refractivity contribution >= 4 is 54.4 Å². The van der Waals surface area contributed by atoms with Crippen LogP contribution in [0.5, 0.6) is 0 Å². The van der Waals surface area contributed by atoms with Gasteiger partial charge in [0.15, 0.2) is 5.82 Å². The van der Waals surface area contributed by atoms with E-state index in [0.29, 0.717) is 0 Å². The van der Waals surface area contributed by atoms with E-state index in [2.05, 4.69) is 20.4 Å². The maximum absolute atomic E-state index is 13.1. The van der Waals surface area contributed by atoms with Crippen LogP contribution in [0.15, 0.2) is 28.7 Å². The Morgan fingerprint density at radius 1 is 1.36 bits per heavy atom. The predicted molar refractivity (Wildman–Crippen MR) is 129 cm³/mol. The number of aliphatic carboxylic acids is 1. The maximum atomic E-state index is 13.1. The average molecular weight is 540 g/mol. The van der Waals surface area contributed by atoms with Crippen LogP contribution in [0.2, 0.25) is 0 Å². The molecule has 0 saturated carbocycles. The smallest absolute Gasteiger partial charge is 0.352 e. The number of thioether (sulfide) groups is 1. The van der Waals surface area contributed by atoms with Gasteiger partial charge >= 0.3 is 11.9 Å². The summed E-state index contributed by atoms with van der Waals surface area (Å²) in [6, 6.07) is 0.296. The second-order valence-electron chi connectivity index (χ2n) is 7.67. The van der Waals surface area contributed by atoms with Crippen LogP contribution in [0.1, 0.15) is 26.6 Å². The number of hydrogen-bond donors (Lipinski definition) is 3. The summed E-state index contributed by atoms with van der Waals surface area (Å²) in [7, 11) is -3.15. The van der Waals surface area contributed by atoms with E-state index in [4.69, 9.17) is 15.1 Å². The van der Waals surface area contributed by atoms with Crippen LogP contribution < -0.4 is 11.1 Å². The third kappa shape index (κ3) is 5.68. The number of nitrogens with two attached hydrogens (primary N) is 1. The van der Waals surface area contributed by atoms with Gasteiger partial charge in [-0.2, -0.15) is 0 Å². The zero-order valence-corrected chi connectivity index (χ0v) is 21.4. The number of nitrogen functional groups attached to an aromatic ring is 1. The van der Waals surface area contributed by atoms with E-state index in [-0.39, 0.29) is 47.6 Å². The molecule has 4 N–H and O–H groups in total. The lowest BCUT2D eigenvalue weighted by Gasteiger charge is -2.49. The zero-order valence-electron chi connectivity index (χ0n) is 19.7. The number of carbonyl (C=O) groups is 4. The molecule has 2 aliphatic heterocycles. The van der Waals surface area contributed by atoms with Gasteiger partial charge in [0.2, 0.25) is 5.71 Å². The van der Waals surface area contributed by atoms with Crippen molar-refractivity contribution < 1.29 is 38.2 Å². The van der Waals surface area contributed by atoms with Gasteiger partial charge in [0.25, 0.3) is 19.2 Å². The van der Waals surface area contributed by atoms with Crippen molar-refractivity contribution in [2.45, 2.75) is 32.2 Å². The molecule has 1 aromatic heterocycles. The minimum Gasteiger partial charge on any atom is -0.477 e. The number of rotatable bonds is 10. The summed E-state index contributed by atoms with van der Waals surface area (Å²) in [6.45, 7) is 4.23. The van der Waals surface area contributed by atoms with Gasteiger partial charge in [0, 0.05) is 36.8 Å². The first-order valence-electron chi connectivity index (χ1n) is 10.8. The van der Waals surface area contributed by atoms with E-state index in [1.807, 2.05) is 0 Å². The van der Waals surface area contributed by atoms with E-state index in [9.17, 15) is 28.8 Å². The maximum Gasteiger partial charge on any atom is 0.352 e. The van der Waals surface area contributed by atoms with Gasteiger partial charge in [-0.15, -0.1) is 11.8 Å². The zero-order chi connectivity index (χ0) is 26.6. The number of anilines is 1. The number of aromatic nitrogens is 2. The molecule has 3 heterocycles. The molecule has 1 saturated heterocycles. The topological polar surface area (TPSA) is 203 Å². The fourth-order valence-electron chi connectivity index (χ4n) is 3.32. The van der Waals surface area contributed by atoms with E-state index < -0.39 is 48.2 Å². The molecule has 0 bridgehead atoms. The number of β-lactam (4-membered cyclic amide) rings is 1. The number of carboxylic acids is 1. The molecular formula is C20H25N6O8PS. The van der Waals surface area contributed by atoms with Crippen LogP contribution in [0, 0.1) is 0 Å². The molecule has 0 spiro atoms. The molecule has 194 valence electrons. The molecule has 3 rings (SSSR count). The van der Waals surface area contributed by atoms with Crippen LogP contribution in [-0.4, -0.2) is 85.5 Å². The fraction of sp³-hybridized carbons (Fsp3) is 0.450. The largest absolute Gasteiger partial charge is 0.477 e. The normalized spacial score (nSPS) is 19.8. The highest BCUT2D eigenvalue weighted by molar-refractivity contribution is 8.00. The van der Waals surface area contributed by atoms with Gasteiger partial charge in [-0.1, -0.05) is 19.0 Å². The SMILES string of the molecule is CCP(=O)(CC)ON=C(C(=O)N[C@H]1C(=O)N2C(C(=O)O)=C(COC(C)=O)CS[C@H]12)c1nccc(N)n1. The van der Waals surface area contributed by atoms with Gasteiger partial charge in [-0.3, -0.25) is 23.8 Å². The van der Waals surface area contributed by atoms with Crippen molar-refractivity contribution in [3.63, 3.8) is 0 Å². The Morgan fingerprint density at radius 2 is 2.06 bits per heavy atom. The number of carboxylic acid groups (broad SMARTS) is 1. The van der Waals surface area contributed by atoms with Gasteiger partial charge in [0.1, 0.15) is 29.5 Å². The molecule has 1 fully saturated rings. The third-order valence-corrected chi connectivity index (χ3v) is 8.98.